The first-order valence-electron chi connectivity index (χ1n) is 11.7. The van der Waals surface area contributed by atoms with Crippen LogP contribution in [-0.2, 0) is 11.2 Å². The summed E-state index contributed by atoms with van der Waals surface area (Å²) in [5.41, 5.74) is 1.81. The van der Waals surface area contributed by atoms with Crippen molar-refractivity contribution in [3.63, 3.8) is 0 Å². The van der Waals surface area contributed by atoms with E-state index >= 15 is 0 Å². The molecule has 3 N–H and O–H groups in total. The summed E-state index contributed by atoms with van der Waals surface area (Å²) in [6.07, 6.45) is -0.628. The Balaban J connectivity index is 1.74. The van der Waals surface area contributed by atoms with E-state index in [-0.39, 0.29) is 30.0 Å². The van der Waals surface area contributed by atoms with Gasteiger partial charge in [0.25, 0.3) is 0 Å². The molecule has 0 bridgehead atoms. The van der Waals surface area contributed by atoms with Gasteiger partial charge in [0.05, 0.1) is 12.1 Å². The minimum absolute atomic E-state index is 0.0481. The SMILES string of the molecule is CC(=O)N[C@@H](CCC(F)(F)F)[C@H](O)CN[C@H]1CC2(CCC2)Oc2ncc(CC(C)(C)C)cc21. The number of halogens is 3. The van der Waals surface area contributed by atoms with E-state index in [2.05, 4.69) is 42.5 Å². The molecule has 3 rings (SSSR count). The highest BCUT2D eigenvalue weighted by Crippen LogP contribution is 2.48. The minimum atomic E-state index is -4.35. The van der Waals surface area contributed by atoms with Gasteiger partial charge in [-0.1, -0.05) is 20.8 Å². The lowest BCUT2D eigenvalue weighted by molar-refractivity contribution is -0.139. The van der Waals surface area contributed by atoms with Gasteiger partial charge in [-0.3, -0.25) is 4.79 Å². The Morgan fingerprint density at radius 3 is 2.58 bits per heavy atom. The Morgan fingerprint density at radius 1 is 1.33 bits per heavy atom. The molecule has 1 aromatic rings. The number of amides is 1. The van der Waals surface area contributed by atoms with Gasteiger partial charge in [0, 0.05) is 44.1 Å². The molecule has 1 saturated carbocycles. The van der Waals surface area contributed by atoms with Crippen molar-refractivity contribution in [2.45, 2.75) is 103 Å². The Morgan fingerprint density at radius 2 is 2.03 bits per heavy atom. The van der Waals surface area contributed by atoms with Crippen molar-refractivity contribution in [2.75, 3.05) is 6.54 Å². The fourth-order valence-electron chi connectivity index (χ4n) is 4.69. The lowest BCUT2D eigenvalue weighted by atomic mass is 9.73. The van der Waals surface area contributed by atoms with Gasteiger partial charge in [-0.05, 0) is 49.1 Å². The van der Waals surface area contributed by atoms with Crippen molar-refractivity contribution >= 4 is 5.91 Å². The average molecular weight is 472 g/mol. The third kappa shape index (κ3) is 7.30. The van der Waals surface area contributed by atoms with Crippen LogP contribution in [0.15, 0.2) is 12.3 Å². The van der Waals surface area contributed by atoms with Crippen LogP contribution in [0.3, 0.4) is 0 Å². The molecule has 0 saturated heterocycles. The molecule has 0 unspecified atom stereocenters. The van der Waals surface area contributed by atoms with Crippen LogP contribution < -0.4 is 15.4 Å². The molecule has 1 aliphatic heterocycles. The highest BCUT2D eigenvalue weighted by molar-refractivity contribution is 5.73. The molecular weight excluding hydrogens is 435 g/mol. The van der Waals surface area contributed by atoms with Crippen molar-refractivity contribution in [2.24, 2.45) is 5.41 Å². The lowest BCUT2D eigenvalue weighted by Crippen LogP contribution is -2.52. The number of nitrogens with zero attached hydrogens (tertiary/aromatic N) is 1. The van der Waals surface area contributed by atoms with Crippen molar-refractivity contribution < 1.29 is 27.8 Å². The molecule has 0 aromatic carbocycles. The van der Waals surface area contributed by atoms with E-state index < -0.39 is 30.7 Å². The van der Waals surface area contributed by atoms with E-state index in [0.29, 0.717) is 12.3 Å². The summed E-state index contributed by atoms with van der Waals surface area (Å²) in [6, 6.07) is 0.952. The summed E-state index contributed by atoms with van der Waals surface area (Å²) < 4.78 is 44.4. The van der Waals surface area contributed by atoms with Crippen LogP contribution in [0.5, 0.6) is 5.88 Å². The molecule has 9 heteroatoms. The lowest BCUT2D eigenvalue weighted by Gasteiger charge is -2.47. The van der Waals surface area contributed by atoms with Gasteiger partial charge in [0.2, 0.25) is 11.8 Å². The minimum Gasteiger partial charge on any atom is -0.471 e. The number of alkyl halides is 3. The zero-order valence-electron chi connectivity index (χ0n) is 19.9. The predicted molar refractivity (Wildman–Crippen MR) is 119 cm³/mol. The van der Waals surface area contributed by atoms with Crippen LogP contribution in [0.25, 0.3) is 0 Å². The quantitative estimate of drug-likeness (QED) is 0.529. The third-order valence-corrected chi connectivity index (χ3v) is 6.36. The number of nitrogens with one attached hydrogen (secondary N) is 2. The number of fused-ring (bicyclic) bond motifs is 1. The number of carbonyl (C=O) groups excluding carboxylic acids is 1. The van der Waals surface area contributed by atoms with Gasteiger partial charge in [-0.2, -0.15) is 13.2 Å². The number of aliphatic hydroxyl groups is 1. The van der Waals surface area contributed by atoms with Crippen LogP contribution in [0.4, 0.5) is 13.2 Å². The van der Waals surface area contributed by atoms with E-state index in [9.17, 15) is 23.1 Å². The Hall–Kier alpha value is -1.87. The summed E-state index contributed by atoms with van der Waals surface area (Å²) in [4.78, 5) is 16.1. The van der Waals surface area contributed by atoms with Gasteiger partial charge >= 0.3 is 6.18 Å². The molecule has 1 spiro atoms. The second kappa shape index (κ2) is 9.78. The highest BCUT2D eigenvalue weighted by Gasteiger charge is 2.46. The maximum absolute atomic E-state index is 12.7. The molecule has 1 amide bonds. The zero-order chi connectivity index (χ0) is 24.4. The van der Waals surface area contributed by atoms with Crippen LogP contribution >= 0.6 is 0 Å². The van der Waals surface area contributed by atoms with Crippen LogP contribution in [-0.4, -0.2) is 46.5 Å². The molecule has 3 atom stereocenters. The van der Waals surface area contributed by atoms with Crippen molar-refractivity contribution in [3.8, 4) is 5.88 Å². The van der Waals surface area contributed by atoms with E-state index in [1.807, 2.05) is 6.20 Å². The maximum Gasteiger partial charge on any atom is 0.389 e. The molecule has 1 aliphatic carbocycles. The molecule has 2 heterocycles. The Labute approximate surface area is 193 Å². The van der Waals surface area contributed by atoms with Gasteiger partial charge in [-0.25, -0.2) is 4.98 Å². The normalized spacial score (nSPS) is 21.5. The first-order chi connectivity index (χ1) is 15.3. The van der Waals surface area contributed by atoms with E-state index in [0.717, 1.165) is 36.8 Å². The molecule has 6 nitrogen and oxygen atoms in total. The van der Waals surface area contributed by atoms with Gasteiger partial charge in [0.15, 0.2) is 0 Å². The van der Waals surface area contributed by atoms with Gasteiger partial charge in [-0.15, -0.1) is 0 Å². The number of aromatic nitrogens is 1. The van der Waals surface area contributed by atoms with Crippen LogP contribution in [0.1, 0.15) is 83.4 Å². The summed E-state index contributed by atoms with van der Waals surface area (Å²) in [5.74, 6) is 0.114. The first-order valence-corrected chi connectivity index (χ1v) is 11.7. The standard InChI is InChI=1S/C24H36F3N3O3/c1-15(31)30-18(6-9-24(25,26)27)20(32)14-28-19-12-23(7-5-8-23)33-21-17(19)10-16(13-29-21)11-22(2,3)4/h10,13,18-20,28,32H,5-9,11-12,14H2,1-4H3,(H,30,31)/t18-,19-,20+/m0/s1. The molecule has 1 fully saturated rings. The number of carbonyl (C=O) groups is 1. The summed E-state index contributed by atoms with van der Waals surface area (Å²) in [5, 5.41) is 16.5. The molecule has 186 valence electrons. The van der Waals surface area contributed by atoms with E-state index in [1.165, 1.54) is 6.92 Å². The predicted octanol–water partition coefficient (Wildman–Crippen LogP) is 4.21. The van der Waals surface area contributed by atoms with Gasteiger partial charge in [0.1, 0.15) is 5.60 Å². The zero-order valence-corrected chi connectivity index (χ0v) is 19.9. The smallest absolute Gasteiger partial charge is 0.389 e. The number of aliphatic hydroxyl groups excluding tert-OH is 1. The maximum atomic E-state index is 12.7. The fourth-order valence-corrected chi connectivity index (χ4v) is 4.69. The van der Waals surface area contributed by atoms with Crippen LogP contribution in [0, 0.1) is 5.41 Å². The summed E-state index contributed by atoms with van der Waals surface area (Å²) in [7, 11) is 0. The van der Waals surface area contributed by atoms with Crippen molar-refractivity contribution in [1.29, 1.82) is 0 Å². The Bertz CT molecular complexity index is 834. The second-order valence-corrected chi connectivity index (χ2v) is 10.8. The third-order valence-electron chi connectivity index (χ3n) is 6.36. The van der Waals surface area contributed by atoms with Crippen molar-refractivity contribution in [3.05, 3.63) is 23.4 Å². The molecular formula is C24H36F3N3O3. The van der Waals surface area contributed by atoms with Crippen molar-refractivity contribution in [1.82, 2.24) is 15.6 Å². The second-order valence-electron chi connectivity index (χ2n) is 10.8. The topological polar surface area (TPSA) is 83.5 Å². The average Bonchev–Trinajstić information content (AvgIpc) is 2.65. The van der Waals surface area contributed by atoms with Gasteiger partial charge < -0.3 is 20.5 Å². The molecule has 1 aromatic heterocycles. The monoisotopic (exact) mass is 471 g/mol. The largest absolute Gasteiger partial charge is 0.471 e. The molecule has 2 aliphatic rings. The molecule has 33 heavy (non-hydrogen) atoms. The highest BCUT2D eigenvalue weighted by atomic mass is 19.4. The summed E-state index contributed by atoms with van der Waals surface area (Å²) in [6.45, 7) is 7.75. The van der Waals surface area contributed by atoms with Crippen LogP contribution in [0.2, 0.25) is 0 Å². The first kappa shape index (κ1) is 25.7. The number of ether oxygens (including phenoxy) is 1. The van der Waals surface area contributed by atoms with E-state index in [1.54, 1.807) is 0 Å². The van der Waals surface area contributed by atoms with E-state index in [4.69, 9.17) is 4.74 Å². The number of pyridine rings is 1. The summed E-state index contributed by atoms with van der Waals surface area (Å²) >= 11 is 0. The fraction of sp³-hybridized carbons (Fsp3) is 0.750. The number of rotatable bonds is 8. The number of hydrogen-bond acceptors (Lipinski definition) is 5. The number of hydrogen-bond donors (Lipinski definition) is 3. The Kier molecular flexibility index (Phi) is 7.63. The molecule has 0 radical (unpaired) electrons.